The van der Waals surface area contributed by atoms with Gasteiger partial charge < -0.3 is 0 Å². The predicted molar refractivity (Wildman–Crippen MR) is 97.0 cm³/mol. The van der Waals surface area contributed by atoms with Gasteiger partial charge in [0.05, 0.1) is 5.69 Å². The molecule has 1 heterocycles. The van der Waals surface area contributed by atoms with Crippen LogP contribution in [0.1, 0.15) is 29.0 Å². The monoisotopic (exact) mass is 317 g/mol. The van der Waals surface area contributed by atoms with Gasteiger partial charge in [-0.25, -0.2) is 0 Å². The Morgan fingerprint density at radius 3 is 2.26 bits per heavy atom. The number of rotatable bonds is 2. The van der Waals surface area contributed by atoms with Gasteiger partial charge in [0.15, 0.2) is 0 Å². The third-order valence-corrected chi connectivity index (χ3v) is 4.56. The normalized spacial score (nSPS) is 16.6. The predicted octanol–water partition coefficient (Wildman–Crippen LogP) is 6.00. The van der Waals surface area contributed by atoms with Crippen LogP contribution in [-0.2, 0) is 0 Å². The first-order chi connectivity index (χ1) is 11.3. The lowest BCUT2D eigenvalue weighted by molar-refractivity contribution is 0.840. The number of halogens is 1. The minimum atomic E-state index is 0.289. The summed E-state index contributed by atoms with van der Waals surface area (Å²) < 4.78 is 0. The molecule has 1 nitrogen and oxygen atoms in total. The van der Waals surface area contributed by atoms with Gasteiger partial charge in [-0.2, -0.15) is 0 Å². The second-order valence-electron chi connectivity index (χ2n) is 5.80. The van der Waals surface area contributed by atoms with Crippen molar-refractivity contribution >= 4 is 23.0 Å². The van der Waals surface area contributed by atoms with Gasteiger partial charge in [0.25, 0.3) is 0 Å². The zero-order chi connectivity index (χ0) is 15.6. The fourth-order valence-corrected chi connectivity index (χ4v) is 3.38. The highest BCUT2D eigenvalue weighted by Gasteiger charge is 2.25. The third kappa shape index (κ3) is 2.80. The van der Waals surface area contributed by atoms with Crippen LogP contribution in [0.15, 0.2) is 83.9 Å². The fourth-order valence-electron chi connectivity index (χ4n) is 3.20. The quantitative estimate of drug-likeness (QED) is 0.550. The van der Waals surface area contributed by atoms with Crippen LogP contribution >= 0.6 is 11.6 Å². The Kier molecular flexibility index (Phi) is 3.72. The molecule has 0 spiro atoms. The van der Waals surface area contributed by atoms with E-state index in [1.807, 2.05) is 18.2 Å². The minimum absolute atomic E-state index is 0.289. The molecular weight excluding hydrogens is 302 g/mol. The minimum Gasteiger partial charge on any atom is -0.252 e. The van der Waals surface area contributed by atoms with Gasteiger partial charge in [0.1, 0.15) is 0 Å². The number of aliphatic imine (C=N–C) groups is 1. The molecule has 0 fully saturated rings. The first-order valence-corrected chi connectivity index (χ1v) is 8.16. The largest absolute Gasteiger partial charge is 0.252 e. The average molecular weight is 318 g/mol. The lowest BCUT2D eigenvalue weighted by Gasteiger charge is -2.25. The van der Waals surface area contributed by atoms with E-state index in [0.717, 1.165) is 22.8 Å². The molecule has 0 aromatic heterocycles. The summed E-state index contributed by atoms with van der Waals surface area (Å²) in [5, 5.41) is 0.767. The smallest absolute Gasteiger partial charge is 0.0672 e. The summed E-state index contributed by atoms with van der Waals surface area (Å²) in [5.74, 6) is 0.289. The molecule has 23 heavy (non-hydrogen) atoms. The van der Waals surface area contributed by atoms with Crippen LogP contribution in [0.4, 0.5) is 5.69 Å². The molecule has 0 N–H and O–H groups in total. The van der Waals surface area contributed by atoms with Crippen molar-refractivity contribution in [3.05, 3.63) is 101 Å². The Hall–Kier alpha value is -2.38. The van der Waals surface area contributed by atoms with Crippen molar-refractivity contribution in [1.29, 1.82) is 0 Å². The number of benzene rings is 3. The molecule has 0 saturated carbocycles. The maximum absolute atomic E-state index is 6.23. The maximum atomic E-state index is 6.23. The Morgan fingerprint density at radius 2 is 1.52 bits per heavy atom. The topological polar surface area (TPSA) is 12.4 Å². The molecular formula is C21H16ClN. The lowest BCUT2D eigenvalue weighted by atomic mass is 9.82. The summed E-state index contributed by atoms with van der Waals surface area (Å²) in [4.78, 5) is 4.89. The third-order valence-electron chi connectivity index (χ3n) is 4.33. The fraction of sp³-hybridized carbons (Fsp3) is 0.0952. The summed E-state index contributed by atoms with van der Waals surface area (Å²) in [7, 11) is 0. The number of hydrogen-bond donors (Lipinski definition) is 0. The first-order valence-electron chi connectivity index (χ1n) is 7.78. The van der Waals surface area contributed by atoms with E-state index < -0.39 is 0 Å². The molecule has 1 unspecified atom stereocenters. The van der Waals surface area contributed by atoms with Gasteiger partial charge in [0, 0.05) is 23.1 Å². The molecule has 3 aromatic carbocycles. The van der Waals surface area contributed by atoms with E-state index in [-0.39, 0.29) is 5.92 Å². The van der Waals surface area contributed by atoms with Crippen LogP contribution in [0, 0.1) is 0 Å². The molecule has 0 radical (unpaired) electrons. The second-order valence-corrected chi connectivity index (χ2v) is 6.23. The van der Waals surface area contributed by atoms with E-state index in [0.29, 0.717) is 0 Å². The Bertz CT molecular complexity index is 854. The zero-order valence-electron chi connectivity index (χ0n) is 12.6. The summed E-state index contributed by atoms with van der Waals surface area (Å²) >= 11 is 6.23. The Balaban J connectivity index is 1.86. The van der Waals surface area contributed by atoms with Crippen LogP contribution in [0.2, 0.25) is 5.02 Å². The summed E-state index contributed by atoms with van der Waals surface area (Å²) in [6, 6.07) is 27.0. The van der Waals surface area contributed by atoms with Gasteiger partial charge in [-0.05, 0) is 34.9 Å². The van der Waals surface area contributed by atoms with Crippen LogP contribution in [0.25, 0.3) is 0 Å². The van der Waals surface area contributed by atoms with Crippen LogP contribution in [0.3, 0.4) is 0 Å². The molecule has 1 aliphatic rings. The summed E-state index contributed by atoms with van der Waals surface area (Å²) in [6.45, 7) is 0. The molecule has 0 bridgehead atoms. The van der Waals surface area contributed by atoms with E-state index in [4.69, 9.17) is 16.6 Å². The van der Waals surface area contributed by atoms with Crippen LogP contribution < -0.4 is 0 Å². The Labute approximate surface area is 141 Å². The number of hydrogen-bond acceptors (Lipinski definition) is 1. The molecule has 112 valence electrons. The standard InChI is InChI=1S/C21H16ClN/c22-17-11-12-20-19(13-17)18(15-7-3-1-4-8-15)14-21(23-20)16-9-5-2-6-10-16/h1-13,18H,14H2. The van der Waals surface area contributed by atoms with Crippen molar-refractivity contribution in [2.24, 2.45) is 4.99 Å². The highest BCUT2D eigenvalue weighted by atomic mass is 35.5. The van der Waals surface area contributed by atoms with E-state index in [2.05, 4.69) is 60.7 Å². The molecule has 0 saturated heterocycles. The molecule has 0 aliphatic carbocycles. The summed E-state index contributed by atoms with van der Waals surface area (Å²) in [6.07, 6.45) is 0.890. The van der Waals surface area contributed by atoms with Gasteiger partial charge in [-0.3, -0.25) is 4.99 Å². The molecule has 0 amide bonds. The van der Waals surface area contributed by atoms with Gasteiger partial charge in [-0.1, -0.05) is 72.3 Å². The molecule has 1 aliphatic heterocycles. The van der Waals surface area contributed by atoms with Crippen LogP contribution in [0.5, 0.6) is 0 Å². The summed E-state index contributed by atoms with van der Waals surface area (Å²) in [5.41, 5.74) is 5.86. The van der Waals surface area contributed by atoms with Crippen molar-refractivity contribution in [3.8, 4) is 0 Å². The first kappa shape index (κ1) is 14.2. The highest BCUT2D eigenvalue weighted by molar-refractivity contribution is 6.30. The van der Waals surface area contributed by atoms with Gasteiger partial charge >= 0.3 is 0 Å². The molecule has 3 aromatic rings. The van der Waals surface area contributed by atoms with E-state index >= 15 is 0 Å². The number of nitrogens with zero attached hydrogens (tertiary/aromatic N) is 1. The van der Waals surface area contributed by atoms with Gasteiger partial charge in [-0.15, -0.1) is 0 Å². The Morgan fingerprint density at radius 1 is 0.826 bits per heavy atom. The van der Waals surface area contributed by atoms with Crippen molar-refractivity contribution in [2.75, 3.05) is 0 Å². The SMILES string of the molecule is Clc1ccc2c(c1)C(c1ccccc1)CC(c1ccccc1)=N2. The lowest BCUT2D eigenvalue weighted by Crippen LogP contribution is -2.14. The highest BCUT2D eigenvalue weighted by Crippen LogP contribution is 2.41. The second kappa shape index (κ2) is 6.02. The average Bonchev–Trinajstić information content (AvgIpc) is 2.62. The van der Waals surface area contributed by atoms with Crippen molar-refractivity contribution in [2.45, 2.75) is 12.3 Å². The molecule has 1 atom stereocenters. The van der Waals surface area contributed by atoms with Crippen molar-refractivity contribution in [3.63, 3.8) is 0 Å². The van der Waals surface area contributed by atoms with Crippen molar-refractivity contribution < 1.29 is 0 Å². The van der Waals surface area contributed by atoms with E-state index in [1.165, 1.54) is 16.7 Å². The molecule has 4 rings (SSSR count). The van der Waals surface area contributed by atoms with E-state index in [9.17, 15) is 0 Å². The zero-order valence-corrected chi connectivity index (χ0v) is 13.4. The maximum Gasteiger partial charge on any atom is 0.0672 e. The van der Waals surface area contributed by atoms with Crippen LogP contribution in [-0.4, -0.2) is 5.71 Å². The molecule has 2 heteroatoms. The van der Waals surface area contributed by atoms with Crippen molar-refractivity contribution in [1.82, 2.24) is 0 Å². The number of fused-ring (bicyclic) bond motifs is 1. The van der Waals surface area contributed by atoms with Gasteiger partial charge in [0.2, 0.25) is 0 Å². The van der Waals surface area contributed by atoms with E-state index in [1.54, 1.807) is 0 Å².